The molecular weight excluding hydrogens is 244 g/mol. The quantitative estimate of drug-likeness (QED) is 0.656. The summed E-state index contributed by atoms with van der Waals surface area (Å²) in [5, 5.41) is 0. The van der Waals surface area contributed by atoms with Crippen LogP contribution in [0, 0.1) is 0 Å². The molecule has 0 aliphatic carbocycles. The van der Waals surface area contributed by atoms with Crippen LogP contribution in [0.3, 0.4) is 0 Å². The molecule has 1 aliphatic rings. The fraction of sp³-hybridized carbons (Fsp3) is 1.00. The van der Waals surface area contributed by atoms with Gasteiger partial charge in [-0.25, -0.2) is 4.44 Å². The van der Waals surface area contributed by atoms with Crippen molar-refractivity contribution >= 4 is 48.1 Å². The van der Waals surface area contributed by atoms with Gasteiger partial charge in [-0.05, 0) is 13.5 Å². The number of rotatable bonds is 1. The first-order valence-corrected chi connectivity index (χ1v) is 8.44. The average Bonchev–Trinajstić information content (AvgIpc) is 1.94. The SMILES string of the molecule is CN1CCCN(P(Cl)Cl)P1Cl. The smallest absolute Gasteiger partial charge is 0.165 e. The highest BCUT2D eigenvalue weighted by atomic mass is 35.9. The Morgan fingerprint density at radius 3 is 2.45 bits per heavy atom. The van der Waals surface area contributed by atoms with Crippen LogP contribution in [0.15, 0.2) is 0 Å². The molecule has 1 fully saturated rings. The fourth-order valence-corrected chi connectivity index (χ4v) is 6.32. The van der Waals surface area contributed by atoms with Gasteiger partial charge in [0.25, 0.3) is 0 Å². The monoisotopic (exact) mass is 252 g/mol. The molecule has 0 aromatic rings. The Balaban J connectivity index is 2.51. The first-order chi connectivity index (χ1) is 5.13. The summed E-state index contributed by atoms with van der Waals surface area (Å²) in [4.78, 5) is 0. The molecule has 0 saturated carbocycles. The molecule has 7 heteroatoms. The summed E-state index contributed by atoms with van der Waals surface area (Å²) in [6, 6.07) is 0. The van der Waals surface area contributed by atoms with Crippen molar-refractivity contribution in [3.8, 4) is 0 Å². The van der Waals surface area contributed by atoms with E-state index in [1.165, 1.54) is 0 Å². The van der Waals surface area contributed by atoms with Crippen LogP contribution in [0.2, 0.25) is 0 Å². The second-order valence-corrected chi connectivity index (χ2v) is 8.51. The summed E-state index contributed by atoms with van der Waals surface area (Å²) in [6.45, 7) is 0.921. The molecule has 1 heterocycles. The van der Waals surface area contributed by atoms with Crippen molar-refractivity contribution in [1.82, 2.24) is 9.11 Å². The summed E-state index contributed by atoms with van der Waals surface area (Å²) in [7, 11) is 1.25. The summed E-state index contributed by atoms with van der Waals surface area (Å²) in [6.07, 6.45) is 1.10. The number of nitrogens with zero attached hydrogens (tertiary/aromatic N) is 2. The molecule has 0 radical (unpaired) electrons. The van der Waals surface area contributed by atoms with E-state index in [9.17, 15) is 0 Å². The van der Waals surface area contributed by atoms with E-state index in [0.29, 0.717) is 0 Å². The zero-order chi connectivity index (χ0) is 8.43. The molecule has 0 spiro atoms. The predicted octanol–water partition coefficient (Wildman–Crippen LogP) is 3.79. The average molecular weight is 253 g/mol. The van der Waals surface area contributed by atoms with Crippen molar-refractivity contribution in [3.05, 3.63) is 0 Å². The summed E-state index contributed by atoms with van der Waals surface area (Å²) in [5.41, 5.74) is 0. The third-order valence-electron chi connectivity index (χ3n) is 1.49. The molecule has 0 aromatic carbocycles. The topological polar surface area (TPSA) is 6.48 Å². The molecule has 1 rings (SSSR count). The Morgan fingerprint density at radius 2 is 2.00 bits per heavy atom. The molecule has 0 bridgehead atoms. The molecule has 0 amide bonds. The second kappa shape index (κ2) is 4.77. The lowest BCUT2D eigenvalue weighted by molar-refractivity contribution is 0.447. The van der Waals surface area contributed by atoms with Crippen molar-refractivity contribution in [1.29, 1.82) is 0 Å². The van der Waals surface area contributed by atoms with Crippen LogP contribution < -0.4 is 0 Å². The van der Waals surface area contributed by atoms with E-state index in [0.717, 1.165) is 19.5 Å². The minimum Gasteiger partial charge on any atom is -0.260 e. The van der Waals surface area contributed by atoms with E-state index in [4.69, 9.17) is 33.7 Å². The highest BCUT2D eigenvalue weighted by Gasteiger charge is 2.29. The van der Waals surface area contributed by atoms with Crippen molar-refractivity contribution in [2.75, 3.05) is 20.1 Å². The molecule has 1 saturated heterocycles. The Bertz CT molecular complexity index is 137. The molecule has 66 valence electrons. The standard InChI is InChI=1S/C4H9Cl3N2P2/c1-8-3-2-4-9(10(5)6)11(8)7/h2-4H2,1H3. The Kier molecular flexibility index (Phi) is 4.65. The molecule has 0 N–H and O–H groups in total. The van der Waals surface area contributed by atoms with Gasteiger partial charge < -0.3 is 0 Å². The van der Waals surface area contributed by atoms with Crippen molar-refractivity contribution in [2.24, 2.45) is 0 Å². The molecular formula is C4H9Cl3N2P2. The Hall–Kier alpha value is 1.65. The van der Waals surface area contributed by atoms with Gasteiger partial charge in [-0.3, -0.25) is 4.67 Å². The van der Waals surface area contributed by atoms with Gasteiger partial charge in [0.15, 0.2) is 6.78 Å². The zero-order valence-electron chi connectivity index (χ0n) is 6.04. The third-order valence-corrected chi connectivity index (χ3v) is 7.79. The lowest BCUT2D eigenvalue weighted by atomic mass is 10.4. The number of hydrogen-bond acceptors (Lipinski definition) is 2. The predicted molar refractivity (Wildman–Crippen MR) is 55.4 cm³/mol. The van der Waals surface area contributed by atoms with E-state index in [2.05, 4.69) is 4.67 Å². The normalized spacial score (nSPS) is 29.7. The maximum atomic E-state index is 6.09. The zero-order valence-corrected chi connectivity index (χ0v) is 10.1. The van der Waals surface area contributed by atoms with Gasteiger partial charge in [-0.15, -0.1) is 0 Å². The number of hydrogen-bond donors (Lipinski definition) is 0. The lowest BCUT2D eigenvalue weighted by Gasteiger charge is -2.37. The van der Waals surface area contributed by atoms with Crippen molar-refractivity contribution in [2.45, 2.75) is 6.42 Å². The molecule has 1 aliphatic heterocycles. The van der Waals surface area contributed by atoms with Crippen LogP contribution in [-0.2, 0) is 0 Å². The van der Waals surface area contributed by atoms with Crippen LogP contribution >= 0.6 is 48.1 Å². The molecule has 1 unspecified atom stereocenters. The Morgan fingerprint density at radius 1 is 1.36 bits per heavy atom. The molecule has 11 heavy (non-hydrogen) atoms. The molecule has 1 atom stereocenters. The van der Waals surface area contributed by atoms with Crippen LogP contribution in [0.1, 0.15) is 6.42 Å². The fourth-order valence-electron chi connectivity index (χ4n) is 0.914. The van der Waals surface area contributed by atoms with Gasteiger partial charge in [-0.1, -0.05) is 33.7 Å². The van der Waals surface area contributed by atoms with E-state index < -0.39 is 14.4 Å². The van der Waals surface area contributed by atoms with Crippen molar-refractivity contribution < 1.29 is 0 Å². The van der Waals surface area contributed by atoms with Gasteiger partial charge in [0.05, 0.1) is 0 Å². The van der Waals surface area contributed by atoms with Gasteiger partial charge in [0, 0.05) is 13.1 Å². The van der Waals surface area contributed by atoms with E-state index in [1.807, 2.05) is 11.5 Å². The van der Waals surface area contributed by atoms with E-state index in [-0.39, 0.29) is 0 Å². The van der Waals surface area contributed by atoms with Crippen LogP contribution in [0.25, 0.3) is 0 Å². The Labute approximate surface area is 83.8 Å². The highest BCUT2D eigenvalue weighted by Crippen LogP contribution is 2.66. The van der Waals surface area contributed by atoms with Gasteiger partial charge in [0.1, 0.15) is 7.58 Å². The van der Waals surface area contributed by atoms with Gasteiger partial charge in [0.2, 0.25) is 0 Å². The minimum absolute atomic E-state index is 0.752. The van der Waals surface area contributed by atoms with Crippen molar-refractivity contribution in [3.63, 3.8) is 0 Å². The van der Waals surface area contributed by atoms with Gasteiger partial charge >= 0.3 is 0 Å². The summed E-state index contributed by atoms with van der Waals surface area (Å²) >= 11 is 17.6. The maximum Gasteiger partial charge on any atom is 0.165 e. The first-order valence-electron chi connectivity index (χ1n) is 3.19. The lowest BCUT2D eigenvalue weighted by Crippen LogP contribution is -2.28. The molecule has 0 aromatic heterocycles. The second-order valence-electron chi connectivity index (χ2n) is 2.29. The molecule has 2 nitrogen and oxygen atoms in total. The van der Waals surface area contributed by atoms with Crippen LogP contribution in [0.5, 0.6) is 0 Å². The van der Waals surface area contributed by atoms with E-state index in [1.54, 1.807) is 0 Å². The van der Waals surface area contributed by atoms with Gasteiger partial charge in [-0.2, -0.15) is 0 Å². The summed E-state index contributed by atoms with van der Waals surface area (Å²) < 4.78 is 4.07. The minimum atomic E-state index is -1.05. The first kappa shape index (κ1) is 10.7. The van der Waals surface area contributed by atoms with E-state index >= 15 is 0 Å². The highest BCUT2D eigenvalue weighted by molar-refractivity contribution is 8.07. The summed E-state index contributed by atoms with van der Waals surface area (Å²) in [5.74, 6) is 0. The van der Waals surface area contributed by atoms with Crippen LogP contribution in [-0.4, -0.2) is 29.2 Å². The number of halogens is 3. The largest absolute Gasteiger partial charge is 0.260 e. The maximum absolute atomic E-state index is 6.09. The van der Waals surface area contributed by atoms with Crippen LogP contribution in [0.4, 0.5) is 0 Å². The third kappa shape index (κ3) is 2.81.